The first-order chi connectivity index (χ1) is 11.1. The van der Waals surface area contributed by atoms with Gasteiger partial charge in [-0.05, 0) is 11.6 Å². The number of hydrogen-bond donors (Lipinski definition) is 2. The van der Waals surface area contributed by atoms with Crippen molar-refractivity contribution in [1.82, 2.24) is 9.55 Å². The number of nitrogens with zero attached hydrogens (tertiary/aromatic N) is 2. The maximum absolute atomic E-state index is 11.7. The Labute approximate surface area is 136 Å². The van der Waals surface area contributed by atoms with E-state index in [0.29, 0.717) is 6.54 Å². The molecule has 130 valence electrons. The van der Waals surface area contributed by atoms with Gasteiger partial charge in [0.1, 0.15) is 5.82 Å². The van der Waals surface area contributed by atoms with Gasteiger partial charge in [-0.15, -0.1) is 4.91 Å². The molecule has 3 N–H and O–H groups in total. The smallest absolute Gasteiger partial charge is 0.330 e. The monoisotopic (exact) mass is 324 g/mol. The quantitative estimate of drug-likeness (QED) is 0.453. The van der Waals surface area contributed by atoms with E-state index < -0.39 is 16.9 Å². The number of hydrogen-bond acceptors (Lipinski definition) is 5. The van der Waals surface area contributed by atoms with Crippen molar-refractivity contribution in [1.29, 1.82) is 0 Å². The first-order valence-corrected chi connectivity index (χ1v) is 8.57. The first kappa shape index (κ1) is 19.1. The number of aromatic nitrogens is 2. The molecule has 0 unspecified atom stereocenters. The van der Waals surface area contributed by atoms with Gasteiger partial charge in [0.25, 0.3) is 5.56 Å². The number of nitroso groups, excluding NO2 is 1. The number of aromatic amines is 1. The van der Waals surface area contributed by atoms with Crippen LogP contribution in [0.1, 0.15) is 71.1 Å². The molecule has 0 aliphatic rings. The molecule has 1 rings (SSSR count). The number of H-pyrrole nitrogens is 1. The lowest BCUT2D eigenvalue weighted by molar-refractivity contribution is 0.528. The molecule has 23 heavy (non-hydrogen) atoms. The number of unbranched alkanes of at least 4 members (excludes halogenated alkanes) is 9. The Hall–Kier alpha value is -1.92. The molecule has 0 radical (unpaired) electrons. The van der Waals surface area contributed by atoms with E-state index in [-0.39, 0.29) is 5.82 Å². The summed E-state index contributed by atoms with van der Waals surface area (Å²) in [5.41, 5.74) is 3.83. The Bertz CT molecular complexity index is 592. The topological polar surface area (TPSA) is 110 Å². The number of nitrogens with one attached hydrogen (secondary N) is 1. The van der Waals surface area contributed by atoms with Gasteiger partial charge in [-0.1, -0.05) is 64.7 Å². The molecule has 0 saturated carbocycles. The van der Waals surface area contributed by atoms with Crippen LogP contribution in [0.2, 0.25) is 0 Å². The summed E-state index contributed by atoms with van der Waals surface area (Å²) in [6.07, 6.45) is 11.9. The zero-order valence-electron chi connectivity index (χ0n) is 14.0. The van der Waals surface area contributed by atoms with Gasteiger partial charge in [0, 0.05) is 6.54 Å². The highest BCUT2D eigenvalue weighted by atomic mass is 16.3. The molecule has 0 spiro atoms. The van der Waals surface area contributed by atoms with Crippen LogP contribution in [-0.4, -0.2) is 9.55 Å². The van der Waals surface area contributed by atoms with Crippen LogP contribution in [0, 0.1) is 4.91 Å². The van der Waals surface area contributed by atoms with E-state index in [9.17, 15) is 14.5 Å². The molecular formula is C16H28N4O3. The van der Waals surface area contributed by atoms with E-state index in [4.69, 9.17) is 5.73 Å². The lowest BCUT2D eigenvalue weighted by Crippen LogP contribution is -2.32. The van der Waals surface area contributed by atoms with Crippen molar-refractivity contribution < 1.29 is 0 Å². The van der Waals surface area contributed by atoms with Crippen LogP contribution in [0.15, 0.2) is 14.8 Å². The number of rotatable bonds is 12. The summed E-state index contributed by atoms with van der Waals surface area (Å²) in [6, 6.07) is 0. The van der Waals surface area contributed by atoms with Crippen LogP contribution in [0.5, 0.6) is 0 Å². The van der Waals surface area contributed by atoms with Crippen molar-refractivity contribution in [3.05, 3.63) is 25.7 Å². The van der Waals surface area contributed by atoms with E-state index >= 15 is 0 Å². The Morgan fingerprint density at radius 3 is 2.00 bits per heavy atom. The zero-order chi connectivity index (χ0) is 17.1. The lowest BCUT2D eigenvalue weighted by atomic mass is 10.1. The maximum atomic E-state index is 11.7. The highest BCUT2D eigenvalue weighted by Crippen LogP contribution is 2.15. The number of nitrogen functional groups attached to an aromatic ring is 1. The summed E-state index contributed by atoms with van der Waals surface area (Å²) in [4.78, 5) is 35.7. The van der Waals surface area contributed by atoms with E-state index in [1.807, 2.05) is 0 Å². The molecule has 0 amide bonds. The molecular weight excluding hydrogens is 296 g/mol. The second kappa shape index (κ2) is 10.7. The van der Waals surface area contributed by atoms with Crippen molar-refractivity contribution in [3.8, 4) is 0 Å². The highest BCUT2D eigenvalue weighted by Gasteiger charge is 2.12. The van der Waals surface area contributed by atoms with E-state index in [1.165, 1.54) is 49.5 Å². The molecule has 0 aliphatic carbocycles. The third-order valence-electron chi connectivity index (χ3n) is 4.04. The summed E-state index contributed by atoms with van der Waals surface area (Å²) in [5, 5.41) is 2.59. The van der Waals surface area contributed by atoms with Gasteiger partial charge in [-0.3, -0.25) is 14.3 Å². The van der Waals surface area contributed by atoms with E-state index in [2.05, 4.69) is 17.1 Å². The normalized spacial score (nSPS) is 10.8. The molecule has 0 aromatic carbocycles. The second-order valence-electron chi connectivity index (χ2n) is 5.92. The molecule has 7 heteroatoms. The first-order valence-electron chi connectivity index (χ1n) is 8.57. The number of anilines is 1. The molecule has 1 aromatic heterocycles. The van der Waals surface area contributed by atoms with Crippen LogP contribution >= 0.6 is 0 Å². The van der Waals surface area contributed by atoms with Crippen molar-refractivity contribution >= 4 is 11.5 Å². The molecule has 0 fully saturated rings. The Balaban J connectivity index is 2.28. The van der Waals surface area contributed by atoms with Crippen molar-refractivity contribution in [2.24, 2.45) is 5.18 Å². The van der Waals surface area contributed by atoms with Crippen LogP contribution in [0.3, 0.4) is 0 Å². The molecule has 1 heterocycles. The fraction of sp³-hybridized carbons (Fsp3) is 0.750. The van der Waals surface area contributed by atoms with Crippen molar-refractivity contribution in [2.75, 3.05) is 5.73 Å². The minimum absolute atomic E-state index is 0.148. The molecule has 0 saturated heterocycles. The largest absolute Gasteiger partial charge is 0.383 e. The average Bonchev–Trinajstić information content (AvgIpc) is 2.52. The fourth-order valence-electron chi connectivity index (χ4n) is 2.64. The van der Waals surface area contributed by atoms with E-state index in [0.717, 1.165) is 19.3 Å². The SMILES string of the molecule is CCCCCCCCCCCCn1c(N)c(N=O)c(=O)[nH]c1=O. The van der Waals surface area contributed by atoms with Gasteiger partial charge in [0.15, 0.2) is 0 Å². The van der Waals surface area contributed by atoms with Crippen LogP contribution in [0.4, 0.5) is 11.5 Å². The Morgan fingerprint density at radius 1 is 0.957 bits per heavy atom. The minimum Gasteiger partial charge on any atom is -0.383 e. The lowest BCUT2D eigenvalue weighted by Gasteiger charge is -2.09. The zero-order valence-corrected chi connectivity index (χ0v) is 14.0. The van der Waals surface area contributed by atoms with Gasteiger partial charge in [-0.25, -0.2) is 4.79 Å². The molecule has 7 nitrogen and oxygen atoms in total. The van der Waals surface area contributed by atoms with Gasteiger partial charge < -0.3 is 5.73 Å². The predicted octanol–water partition coefficient (Wildman–Crippen LogP) is 3.44. The van der Waals surface area contributed by atoms with E-state index in [1.54, 1.807) is 0 Å². The Kier molecular flexibility index (Phi) is 8.94. The Morgan fingerprint density at radius 2 is 1.48 bits per heavy atom. The van der Waals surface area contributed by atoms with Gasteiger partial charge >= 0.3 is 5.69 Å². The summed E-state index contributed by atoms with van der Waals surface area (Å²) in [5.74, 6) is -0.148. The van der Waals surface area contributed by atoms with Gasteiger partial charge in [0.2, 0.25) is 5.69 Å². The molecule has 0 bridgehead atoms. The third-order valence-corrected chi connectivity index (χ3v) is 4.04. The predicted molar refractivity (Wildman–Crippen MR) is 93.0 cm³/mol. The summed E-state index contributed by atoms with van der Waals surface area (Å²) in [6.45, 7) is 2.61. The summed E-state index contributed by atoms with van der Waals surface area (Å²) >= 11 is 0. The highest BCUT2D eigenvalue weighted by molar-refractivity contribution is 5.55. The van der Waals surface area contributed by atoms with Crippen molar-refractivity contribution in [2.45, 2.75) is 77.7 Å². The standard InChI is InChI=1S/C16H28N4O3/c1-2-3-4-5-6-7-8-9-10-11-12-20-14(17)13(19-23)15(21)18-16(20)22/h2-12,17H2,1H3,(H,18,21,22). The van der Waals surface area contributed by atoms with Gasteiger partial charge in [0.05, 0.1) is 0 Å². The molecule has 1 aromatic rings. The van der Waals surface area contributed by atoms with Gasteiger partial charge in [-0.2, -0.15) is 0 Å². The molecule has 0 atom stereocenters. The van der Waals surface area contributed by atoms with Crippen LogP contribution in [-0.2, 0) is 6.54 Å². The second-order valence-corrected chi connectivity index (χ2v) is 5.92. The van der Waals surface area contributed by atoms with Crippen LogP contribution in [0.25, 0.3) is 0 Å². The fourth-order valence-corrected chi connectivity index (χ4v) is 2.64. The average molecular weight is 324 g/mol. The van der Waals surface area contributed by atoms with Crippen LogP contribution < -0.4 is 17.0 Å². The summed E-state index contributed by atoms with van der Waals surface area (Å²) in [7, 11) is 0. The third kappa shape index (κ3) is 6.38. The maximum Gasteiger partial charge on any atom is 0.330 e. The number of nitrogens with two attached hydrogens (primary N) is 1. The summed E-state index contributed by atoms with van der Waals surface area (Å²) < 4.78 is 1.21. The minimum atomic E-state index is -0.832. The van der Waals surface area contributed by atoms with Crippen molar-refractivity contribution in [3.63, 3.8) is 0 Å². The molecule has 0 aliphatic heterocycles.